The summed E-state index contributed by atoms with van der Waals surface area (Å²) in [5.41, 5.74) is 1.64. The molecule has 1 atom stereocenters. The summed E-state index contributed by atoms with van der Waals surface area (Å²) in [5.74, 6) is -1.71. The van der Waals surface area contributed by atoms with Gasteiger partial charge in [0.15, 0.2) is 5.92 Å². The highest BCUT2D eigenvalue weighted by atomic mass is 19.4. The molecule has 0 aliphatic heterocycles. The fourth-order valence-corrected chi connectivity index (χ4v) is 1.24. The van der Waals surface area contributed by atoms with Gasteiger partial charge >= 0.3 is 6.18 Å². The van der Waals surface area contributed by atoms with E-state index in [1.807, 2.05) is 13.0 Å². The van der Waals surface area contributed by atoms with Crippen LogP contribution in [0.3, 0.4) is 0 Å². The third-order valence-corrected chi connectivity index (χ3v) is 2.30. The lowest BCUT2D eigenvalue weighted by Crippen LogP contribution is -2.27. The summed E-state index contributed by atoms with van der Waals surface area (Å²) in [7, 11) is 0. The zero-order chi connectivity index (χ0) is 13.1. The van der Waals surface area contributed by atoms with Crippen molar-refractivity contribution in [2.75, 3.05) is 6.61 Å². The van der Waals surface area contributed by atoms with E-state index in [0.29, 0.717) is 5.75 Å². The number of benzene rings is 1. The Morgan fingerprint density at radius 3 is 2.53 bits per heavy atom. The van der Waals surface area contributed by atoms with Crippen molar-refractivity contribution in [2.24, 2.45) is 5.92 Å². The van der Waals surface area contributed by atoms with Gasteiger partial charge in [-0.15, -0.1) is 0 Å². The van der Waals surface area contributed by atoms with Gasteiger partial charge in [-0.2, -0.15) is 18.4 Å². The number of hydrogen-bond donors (Lipinski definition) is 0. The van der Waals surface area contributed by atoms with Crippen LogP contribution < -0.4 is 4.74 Å². The summed E-state index contributed by atoms with van der Waals surface area (Å²) in [4.78, 5) is 0. The van der Waals surface area contributed by atoms with Crippen LogP contribution in [0.15, 0.2) is 18.2 Å². The van der Waals surface area contributed by atoms with Gasteiger partial charge in [0.25, 0.3) is 0 Å². The summed E-state index contributed by atoms with van der Waals surface area (Å²) in [6.07, 6.45) is -4.55. The van der Waals surface area contributed by atoms with Crippen molar-refractivity contribution in [2.45, 2.75) is 20.0 Å². The van der Waals surface area contributed by atoms with Crippen LogP contribution in [0.4, 0.5) is 13.2 Å². The van der Waals surface area contributed by atoms with E-state index in [1.165, 1.54) is 6.07 Å². The Hall–Kier alpha value is -1.70. The maximum absolute atomic E-state index is 12.3. The molecule has 0 aliphatic carbocycles. The first-order chi connectivity index (χ1) is 7.84. The molecule has 0 aromatic heterocycles. The minimum absolute atomic E-state index is 0.384. The van der Waals surface area contributed by atoms with Crippen molar-refractivity contribution in [1.29, 1.82) is 5.26 Å². The highest BCUT2D eigenvalue weighted by Crippen LogP contribution is 2.27. The molecular weight excluding hydrogens is 231 g/mol. The van der Waals surface area contributed by atoms with Gasteiger partial charge in [0.1, 0.15) is 12.4 Å². The second-order valence-corrected chi connectivity index (χ2v) is 3.80. The molecule has 1 unspecified atom stereocenters. The molecule has 1 aromatic rings. The fraction of sp³-hybridized carbons (Fsp3) is 0.417. The van der Waals surface area contributed by atoms with Gasteiger partial charge in [-0.3, -0.25) is 0 Å². The van der Waals surface area contributed by atoms with E-state index in [9.17, 15) is 13.2 Å². The Morgan fingerprint density at radius 2 is 2.00 bits per heavy atom. The van der Waals surface area contributed by atoms with Crippen LogP contribution in [-0.2, 0) is 0 Å². The zero-order valence-corrected chi connectivity index (χ0v) is 9.51. The number of nitrogens with zero attached hydrogens (tertiary/aromatic N) is 1. The fourth-order valence-electron chi connectivity index (χ4n) is 1.24. The van der Waals surface area contributed by atoms with Gasteiger partial charge in [-0.1, -0.05) is 12.1 Å². The number of hydrogen-bond acceptors (Lipinski definition) is 2. The predicted molar refractivity (Wildman–Crippen MR) is 56.6 cm³/mol. The van der Waals surface area contributed by atoms with Crippen LogP contribution in [0.5, 0.6) is 5.75 Å². The lowest BCUT2D eigenvalue weighted by Gasteiger charge is -2.15. The first-order valence-electron chi connectivity index (χ1n) is 5.01. The number of rotatable bonds is 3. The van der Waals surface area contributed by atoms with Gasteiger partial charge in [0, 0.05) is 0 Å². The zero-order valence-electron chi connectivity index (χ0n) is 9.51. The SMILES string of the molecule is Cc1ccc(C)c(OCC(C#N)C(F)(F)F)c1. The predicted octanol–water partition coefficient (Wildman–Crippen LogP) is 3.38. The van der Waals surface area contributed by atoms with Gasteiger partial charge in [-0.05, 0) is 31.0 Å². The molecule has 1 aromatic carbocycles. The first kappa shape index (κ1) is 13.4. The molecule has 17 heavy (non-hydrogen) atoms. The molecule has 5 heteroatoms. The largest absolute Gasteiger partial charge is 0.492 e. The van der Waals surface area contributed by atoms with Crippen molar-refractivity contribution in [3.63, 3.8) is 0 Å². The van der Waals surface area contributed by atoms with E-state index >= 15 is 0 Å². The summed E-state index contributed by atoms with van der Waals surface area (Å²) in [6.45, 7) is 2.88. The number of halogens is 3. The average Bonchev–Trinajstić information content (AvgIpc) is 2.22. The van der Waals surface area contributed by atoms with Crippen LogP contribution in [0.2, 0.25) is 0 Å². The van der Waals surface area contributed by atoms with E-state index in [1.54, 1.807) is 19.1 Å². The van der Waals surface area contributed by atoms with Gasteiger partial charge in [0.2, 0.25) is 0 Å². The number of aryl methyl sites for hydroxylation is 2. The highest BCUT2D eigenvalue weighted by Gasteiger charge is 2.40. The van der Waals surface area contributed by atoms with Gasteiger partial charge < -0.3 is 4.74 Å². The molecule has 0 fully saturated rings. The summed E-state index contributed by atoms with van der Waals surface area (Å²) >= 11 is 0. The highest BCUT2D eigenvalue weighted by molar-refractivity contribution is 5.36. The number of nitriles is 1. The maximum atomic E-state index is 12.3. The number of alkyl halides is 3. The minimum Gasteiger partial charge on any atom is -0.492 e. The Balaban J connectivity index is 2.73. The van der Waals surface area contributed by atoms with Gasteiger partial charge in [0.05, 0.1) is 6.07 Å². The maximum Gasteiger partial charge on any atom is 0.407 e. The molecule has 0 aliphatic rings. The first-order valence-corrected chi connectivity index (χ1v) is 5.01. The molecule has 2 nitrogen and oxygen atoms in total. The molecular formula is C12H12F3NO. The summed E-state index contributed by atoms with van der Waals surface area (Å²) in [5, 5.41) is 8.41. The molecule has 0 saturated heterocycles. The summed E-state index contributed by atoms with van der Waals surface area (Å²) in [6, 6.07) is 6.45. The molecule has 0 spiro atoms. The molecule has 0 amide bonds. The number of ether oxygens (including phenoxy) is 1. The quantitative estimate of drug-likeness (QED) is 0.815. The average molecular weight is 243 g/mol. The second-order valence-electron chi connectivity index (χ2n) is 3.80. The van der Waals surface area contributed by atoms with Crippen LogP contribution in [0.25, 0.3) is 0 Å². The molecule has 0 N–H and O–H groups in total. The van der Waals surface area contributed by atoms with Crippen LogP contribution in [-0.4, -0.2) is 12.8 Å². The van der Waals surface area contributed by atoms with Crippen molar-refractivity contribution in [3.05, 3.63) is 29.3 Å². The van der Waals surface area contributed by atoms with Crippen molar-refractivity contribution < 1.29 is 17.9 Å². The van der Waals surface area contributed by atoms with Crippen molar-refractivity contribution >= 4 is 0 Å². The van der Waals surface area contributed by atoms with Crippen molar-refractivity contribution in [1.82, 2.24) is 0 Å². The van der Waals surface area contributed by atoms with Crippen LogP contribution in [0.1, 0.15) is 11.1 Å². The summed E-state index contributed by atoms with van der Waals surface area (Å²) < 4.78 is 42.0. The standard InChI is InChI=1S/C12H12F3NO/c1-8-3-4-9(2)11(5-8)17-7-10(6-16)12(13,14)15/h3-5,10H,7H2,1-2H3. The Kier molecular flexibility index (Phi) is 4.00. The third-order valence-electron chi connectivity index (χ3n) is 2.30. The molecule has 1 rings (SSSR count). The van der Waals surface area contributed by atoms with Crippen LogP contribution in [0, 0.1) is 31.1 Å². The molecule has 0 bridgehead atoms. The van der Waals surface area contributed by atoms with Gasteiger partial charge in [-0.25, -0.2) is 0 Å². The molecule has 92 valence electrons. The van der Waals surface area contributed by atoms with E-state index in [4.69, 9.17) is 10.00 Å². The second kappa shape index (κ2) is 5.09. The molecule has 0 saturated carbocycles. The molecule has 0 heterocycles. The Morgan fingerprint density at radius 1 is 1.35 bits per heavy atom. The van der Waals surface area contributed by atoms with E-state index in [-0.39, 0.29) is 0 Å². The third kappa shape index (κ3) is 3.66. The smallest absolute Gasteiger partial charge is 0.407 e. The van der Waals surface area contributed by atoms with Crippen molar-refractivity contribution in [3.8, 4) is 11.8 Å². The van der Waals surface area contributed by atoms with E-state index < -0.39 is 18.7 Å². The lowest BCUT2D eigenvalue weighted by molar-refractivity contribution is -0.165. The normalized spacial score (nSPS) is 12.9. The lowest BCUT2D eigenvalue weighted by atomic mass is 10.1. The Labute approximate surface area is 97.6 Å². The van der Waals surface area contributed by atoms with E-state index in [0.717, 1.165) is 11.1 Å². The van der Waals surface area contributed by atoms with E-state index in [2.05, 4.69) is 0 Å². The van der Waals surface area contributed by atoms with Crippen LogP contribution >= 0.6 is 0 Å². The Bertz CT molecular complexity index is 434. The monoisotopic (exact) mass is 243 g/mol. The topological polar surface area (TPSA) is 33.0 Å². The minimum atomic E-state index is -4.55. The molecule has 0 radical (unpaired) electrons.